The van der Waals surface area contributed by atoms with Crippen LogP contribution in [0.5, 0.6) is 0 Å². The van der Waals surface area contributed by atoms with E-state index in [4.69, 9.17) is 4.74 Å². The second-order valence-corrected chi connectivity index (χ2v) is 7.28. The predicted octanol–water partition coefficient (Wildman–Crippen LogP) is 3.37. The van der Waals surface area contributed by atoms with Crippen molar-refractivity contribution in [1.82, 2.24) is 9.47 Å². The van der Waals surface area contributed by atoms with Gasteiger partial charge in [-0.05, 0) is 43.7 Å². The summed E-state index contributed by atoms with van der Waals surface area (Å²) in [7, 11) is 1.98. The maximum absolute atomic E-state index is 9.22. The molecule has 0 bridgehead atoms. The van der Waals surface area contributed by atoms with E-state index in [9.17, 15) is 5.26 Å². The number of nitriles is 1. The number of hydrogen-bond acceptors (Lipinski definition) is 3. The van der Waals surface area contributed by atoms with Crippen LogP contribution in [0.3, 0.4) is 0 Å². The van der Waals surface area contributed by atoms with Crippen LogP contribution in [0.2, 0.25) is 0 Å². The third kappa shape index (κ3) is 3.79. The smallest absolute Gasteiger partial charge is 0.120 e. The van der Waals surface area contributed by atoms with Gasteiger partial charge in [0.2, 0.25) is 0 Å². The van der Waals surface area contributed by atoms with Gasteiger partial charge < -0.3 is 9.30 Å². The van der Waals surface area contributed by atoms with Gasteiger partial charge in [-0.25, -0.2) is 0 Å². The Hall–Kier alpha value is -1.31. The van der Waals surface area contributed by atoms with Gasteiger partial charge in [0.15, 0.2) is 0 Å². The summed E-state index contributed by atoms with van der Waals surface area (Å²) in [6.45, 7) is 7.37. The van der Waals surface area contributed by atoms with E-state index >= 15 is 0 Å². The summed E-state index contributed by atoms with van der Waals surface area (Å²) < 4.78 is 8.36. The number of ether oxygens (including phenoxy) is 1. The number of rotatable bonds is 6. The molecular formula is C19H29N3O. The van der Waals surface area contributed by atoms with E-state index in [1.165, 1.54) is 43.4 Å². The van der Waals surface area contributed by atoms with Gasteiger partial charge >= 0.3 is 0 Å². The molecule has 1 aromatic rings. The maximum Gasteiger partial charge on any atom is 0.120 e. The Morgan fingerprint density at radius 1 is 1.35 bits per heavy atom. The molecule has 126 valence electrons. The molecule has 1 aliphatic heterocycles. The van der Waals surface area contributed by atoms with Crippen LogP contribution in [0.25, 0.3) is 0 Å². The van der Waals surface area contributed by atoms with E-state index < -0.39 is 0 Å². The van der Waals surface area contributed by atoms with E-state index in [1.807, 2.05) is 11.6 Å². The Labute approximate surface area is 140 Å². The van der Waals surface area contributed by atoms with Gasteiger partial charge in [-0.15, -0.1) is 0 Å². The molecule has 2 heterocycles. The average molecular weight is 315 g/mol. The summed E-state index contributed by atoms with van der Waals surface area (Å²) in [5.41, 5.74) is 3.25. The Morgan fingerprint density at radius 2 is 2.13 bits per heavy atom. The topological polar surface area (TPSA) is 41.2 Å². The molecule has 1 saturated carbocycles. The molecule has 1 saturated heterocycles. The second-order valence-electron chi connectivity index (χ2n) is 7.28. The van der Waals surface area contributed by atoms with Gasteiger partial charge in [-0.1, -0.05) is 19.8 Å². The lowest BCUT2D eigenvalue weighted by Crippen LogP contribution is -2.48. The van der Waals surface area contributed by atoms with Crippen LogP contribution in [0.4, 0.5) is 0 Å². The molecule has 2 atom stereocenters. The van der Waals surface area contributed by atoms with E-state index in [0.717, 1.165) is 31.2 Å². The van der Waals surface area contributed by atoms with Crippen molar-refractivity contribution >= 4 is 0 Å². The average Bonchev–Trinajstić information content (AvgIpc) is 3.36. The molecule has 0 spiro atoms. The molecule has 1 aliphatic carbocycles. The molecule has 2 fully saturated rings. The third-order valence-corrected chi connectivity index (χ3v) is 5.44. The summed E-state index contributed by atoms with van der Waals surface area (Å²) in [4.78, 5) is 2.55. The Morgan fingerprint density at radius 3 is 2.74 bits per heavy atom. The highest BCUT2D eigenvalue weighted by molar-refractivity contribution is 5.34. The molecule has 4 nitrogen and oxygen atoms in total. The molecule has 3 rings (SSSR count). The molecule has 0 radical (unpaired) electrons. The monoisotopic (exact) mass is 315 g/mol. The number of unbranched alkanes of at least 4 members (excludes halogenated alkanes) is 1. The van der Waals surface area contributed by atoms with E-state index in [-0.39, 0.29) is 0 Å². The molecule has 0 aromatic carbocycles. The Balaban J connectivity index is 1.69. The third-order valence-electron chi connectivity index (χ3n) is 5.44. The van der Waals surface area contributed by atoms with Crippen LogP contribution in [0.15, 0.2) is 6.07 Å². The molecule has 23 heavy (non-hydrogen) atoms. The van der Waals surface area contributed by atoms with Gasteiger partial charge in [0, 0.05) is 32.4 Å². The first-order chi connectivity index (χ1) is 11.1. The number of morpholine rings is 1. The van der Waals surface area contributed by atoms with Crippen molar-refractivity contribution in [3.05, 3.63) is 23.0 Å². The standard InChI is InChI=1S/C19H29N3O/c1-4-5-6-18-12-22(13-19(23-18)15-7-8-15)11-16-9-17(10-20)21(3)14(16)2/h9,15,18-19H,4-8,11-13H2,1-3H3/t18-,19-/m1/s1. The normalized spacial score (nSPS) is 25.5. The van der Waals surface area contributed by atoms with E-state index in [0.29, 0.717) is 12.2 Å². The molecule has 0 unspecified atom stereocenters. The summed E-state index contributed by atoms with van der Waals surface area (Å²) in [6.07, 6.45) is 7.13. The lowest BCUT2D eigenvalue weighted by Gasteiger charge is -2.38. The maximum atomic E-state index is 9.22. The van der Waals surface area contributed by atoms with Crippen molar-refractivity contribution < 1.29 is 4.74 Å². The Bertz CT molecular complexity index is 582. The molecule has 2 aliphatic rings. The second kappa shape index (κ2) is 7.07. The fourth-order valence-corrected chi connectivity index (χ4v) is 3.67. The van der Waals surface area contributed by atoms with Crippen LogP contribution in [-0.2, 0) is 18.3 Å². The predicted molar refractivity (Wildman–Crippen MR) is 91.1 cm³/mol. The zero-order valence-electron chi connectivity index (χ0n) is 14.7. The number of nitrogens with zero attached hydrogens (tertiary/aromatic N) is 3. The minimum absolute atomic E-state index is 0.383. The van der Waals surface area contributed by atoms with Crippen molar-refractivity contribution in [2.45, 2.75) is 64.7 Å². The molecule has 1 aromatic heterocycles. The lowest BCUT2D eigenvalue weighted by atomic mass is 10.1. The molecule has 0 N–H and O–H groups in total. The fraction of sp³-hybridized carbons (Fsp3) is 0.737. The van der Waals surface area contributed by atoms with Crippen molar-refractivity contribution in [3.8, 4) is 6.07 Å². The van der Waals surface area contributed by atoms with Gasteiger partial charge in [-0.2, -0.15) is 5.26 Å². The summed E-state index contributed by atoms with van der Waals surface area (Å²) in [6, 6.07) is 4.34. The van der Waals surface area contributed by atoms with Crippen LogP contribution in [-0.4, -0.2) is 34.8 Å². The van der Waals surface area contributed by atoms with Crippen LogP contribution < -0.4 is 0 Å². The minimum atomic E-state index is 0.383. The highest BCUT2D eigenvalue weighted by atomic mass is 16.5. The molecule has 4 heteroatoms. The van der Waals surface area contributed by atoms with Crippen molar-refractivity contribution in [3.63, 3.8) is 0 Å². The van der Waals surface area contributed by atoms with Gasteiger partial charge in [0.25, 0.3) is 0 Å². The van der Waals surface area contributed by atoms with Crippen LogP contribution >= 0.6 is 0 Å². The first kappa shape index (κ1) is 16.5. The van der Waals surface area contributed by atoms with E-state index in [1.54, 1.807) is 0 Å². The van der Waals surface area contributed by atoms with Crippen LogP contribution in [0.1, 0.15) is 56.0 Å². The SMILES string of the molecule is CCCC[C@@H]1CN(Cc2cc(C#N)n(C)c2C)C[C@H](C2CC2)O1. The van der Waals surface area contributed by atoms with E-state index in [2.05, 4.69) is 30.9 Å². The number of aromatic nitrogens is 1. The number of hydrogen-bond donors (Lipinski definition) is 0. The summed E-state index contributed by atoms with van der Waals surface area (Å²) in [5.74, 6) is 0.786. The first-order valence-corrected chi connectivity index (χ1v) is 9.05. The minimum Gasteiger partial charge on any atom is -0.372 e. The highest BCUT2D eigenvalue weighted by Crippen LogP contribution is 2.37. The van der Waals surface area contributed by atoms with Crippen molar-refractivity contribution in [1.29, 1.82) is 5.26 Å². The van der Waals surface area contributed by atoms with Crippen molar-refractivity contribution in [2.75, 3.05) is 13.1 Å². The molecular weight excluding hydrogens is 286 g/mol. The zero-order valence-corrected chi connectivity index (χ0v) is 14.7. The van der Waals surface area contributed by atoms with Crippen molar-refractivity contribution in [2.24, 2.45) is 13.0 Å². The van der Waals surface area contributed by atoms with Gasteiger partial charge in [0.05, 0.1) is 12.2 Å². The highest BCUT2D eigenvalue weighted by Gasteiger charge is 2.38. The fourth-order valence-electron chi connectivity index (χ4n) is 3.67. The zero-order chi connectivity index (χ0) is 16.4. The molecule has 0 amide bonds. The lowest BCUT2D eigenvalue weighted by molar-refractivity contribution is -0.0993. The largest absolute Gasteiger partial charge is 0.372 e. The quantitative estimate of drug-likeness (QED) is 0.808. The summed E-state index contributed by atoms with van der Waals surface area (Å²) in [5, 5.41) is 9.22. The van der Waals surface area contributed by atoms with Gasteiger partial charge in [0.1, 0.15) is 11.8 Å². The van der Waals surface area contributed by atoms with Crippen LogP contribution in [0, 0.1) is 24.2 Å². The summed E-state index contributed by atoms with van der Waals surface area (Å²) >= 11 is 0. The van der Waals surface area contributed by atoms with Gasteiger partial charge in [-0.3, -0.25) is 4.90 Å². The first-order valence-electron chi connectivity index (χ1n) is 9.05. The Kier molecular flexibility index (Phi) is 5.08.